The smallest absolute Gasteiger partial charge is 0.161 e. The summed E-state index contributed by atoms with van der Waals surface area (Å²) in [5.41, 5.74) is 3.90. The van der Waals surface area contributed by atoms with E-state index >= 15 is 0 Å². The fourth-order valence-electron chi connectivity index (χ4n) is 2.28. The van der Waals surface area contributed by atoms with Crippen LogP contribution in [-0.2, 0) is 0 Å². The first-order valence-corrected chi connectivity index (χ1v) is 6.28. The van der Waals surface area contributed by atoms with Crippen molar-refractivity contribution < 1.29 is 9.47 Å². The molecule has 2 atom stereocenters. The summed E-state index contributed by atoms with van der Waals surface area (Å²) in [6.07, 6.45) is -0.151. The molecule has 1 heterocycles. The second-order valence-electron chi connectivity index (χ2n) is 4.47. The quantitative estimate of drug-likeness (QED) is 0.651. The molecular formula is C15H16N2O2. The van der Waals surface area contributed by atoms with Crippen LogP contribution in [0, 0.1) is 0 Å². The third-order valence-corrected chi connectivity index (χ3v) is 3.24. The number of hydrogen-bond acceptors (Lipinski definition) is 4. The Balaban J connectivity index is 1.83. The molecule has 3 N–H and O–H groups in total. The molecule has 0 radical (unpaired) electrons. The second-order valence-corrected chi connectivity index (χ2v) is 4.47. The topological polar surface area (TPSA) is 56.5 Å². The molecule has 0 bridgehead atoms. The number of ether oxygens (including phenoxy) is 2. The van der Waals surface area contributed by atoms with E-state index in [-0.39, 0.29) is 12.1 Å². The maximum absolute atomic E-state index is 5.97. The molecule has 0 saturated carbocycles. The molecule has 1 aliphatic heterocycles. The summed E-state index contributed by atoms with van der Waals surface area (Å²) in [5.74, 6) is 7.21. The van der Waals surface area contributed by atoms with Gasteiger partial charge in [0.2, 0.25) is 0 Å². The number of benzene rings is 2. The molecule has 2 aromatic rings. The Labute approximate surface area is 112 Å². The van der Waals surface area contributed by atoms with E-state index in [0.29, 0.717) is 6.61 Å². The van der Waals surface area contributed by atoms with E-state index in [9.17, 15) is 0 Å². The molecule has 2 unspecified atom stereocenters. The van der Waals surface area contributed by atoms with Gasteiger partial charge >= 0.3 is 0 Å². The highest BCUT2D eigenvalue weighted by Crippen LogP contribution is 2.34. The Morgan fingerprint density at radius 3 is 2.42 bits per heavy atom. The van der Waals surface area contributed by atoms with E-state index in [1.54, 1.807) is 0 Å². The molecular weight excluding hydrogens is 240 g/mol. The van der Waals surface area contributed by atoms with Gasteiger partial charge in [-0.25, -0.2) is 5.43 Å². The Hall–Kier alpha value is -2.04. The van der Waals surface area contributed by atoms with E-state index in [4.69, 9.17) is 15.3 Å². The highest BCUT2D eigenvalue weighted by Gasteiger charge is 2.29. The van der Waals surface area contributed by atoms with Gasteiger partial charge in [0.15, 0.2) is 17.6 Å². The van der Waals surface area contributed by atoms with Crippen molar-refractivity contribution in [2.45, 2.75) is 12.1 Å². The molecule has 0 fully saturated rings. The summed E-state index contributed by atoms with van der Waals surface area (Å²) in [7, 11) is 0. The van der Waals surface area contributed by atoms with Crippen LogP contribution in [0.15, 0.2) is 54.6 Å². The third kappa shape index (κ3) is 2.41. The van der Waals surface area contributed by atoms with E-state index in [1.807, 2.05) is 54.6 Å². The molecule has 4 heteroatoms. The minimum absolute atomic E-state index is 0.102. The zero-order valence-electron chi connectivity index (χ0n) is 10.5. The zero-order valence-corrected chi connectivity index (χ0v) is 10.5. The highest BCUT2D eigenvalue weighted by atomic mass is 16.6. The Bertz CT molecular complexity index is 545. The molecule has 0 aromatic heterocycles. The van der Waals surface area contributed by atoms with Crippen LogP contribution in [0.3, 0.4) is 0 Å². The maximum Gasteiger partial charge on any atom is 0.161 e. The second kappa shape index (κ2) is 5.30. The lowest BCUT2D eigenvalue weighted by Gasteiger charge is -2.32. The number of hydrogen-bond donors (Lipinski definition) is 2. The molecule has 1 aliphatic rings. The molecule has 98 valence electrons. The fraction of sp³-hybridized carbons (Fsp3) is 0.200. The van der Waals surface area contributed by atoms with Crippen LogP contribution in [0.1, 0.15) is 11.6 Å². The van der Waals surface area contributed by atoms with Gasteiger partial charge in [-0.1, -0.05) is 42.5 Å². The van der Waals surface area contributed by atoms with Gasteiger partial charge in [0, 0.05) is 0 Å². The van der Waals surface area contributed by atoms with Crippen LogP contribution in [0.5, 0.6) is 11.5 Å². The van der Waals surface area contributed by atoms with Crippen LogP contribution >= 0.6 is 0 Å². The van der Waals surface area contributed by atoms with Gasteiger partial charge in [-0.15, -0.1) is 0 Å². The van der Waals surface area contributed by atoms with E-state index < -0.39 is 0 Å². The number of para-hydroxylation sites is 2. The lowest BCUT2D eigenvalue weighted by Crippen LogP contribution is -2.44. The van der Waals surface area contributed by atoms with Crippen molar-refractivity contribution in [1.29, 1.82) is 0 Å². The zero-order chi connectivity index (χ0) is 13.1. The van der Waals surface area contributed by atoms with Gasteiger partial charge in [-0.05, 0) is 17.7 Å². The van der Waals surface area contributed by atoms with Gasteiger partial charge in [-0.3, -0.25) is 5.84 Å². The molecule has 4 nitrogen and oxygen atoms in total. The van der Waals surface area contributed by atoms with Crippen molar-refractivity contribution in [2.24, 2.45) is 5.84 Å². The first-order chi connectivity index (χ1) is 9.38. The molecule has 19 heavy (non-hydrogen) atoms. The minimum atomic E-state index is -0.151. The number of rotatable bonds is 3. The van der Waals surface area contributed by atoms with Gasteiger partial charge in [0.05, 0.1) is 6.04 Å². The monoisotopic (exact) mass is 256 g/mol. The van der Waals surface area contributed by atoms with Gasteiger partial charge < -0.3 is 9.47 Å². The number of hydrazine groups is 1. The van der Waals surface area contributed by atoms with Gasteiger partial charge in [0.25, 0.3) is 0 Å². The van der Waals surface area contributed by atoms with Crippen LogP contribution in [0.25, 0.3) is 0 Å². The fourth-order valence-corrected chi connectivity index (χ4v) is 2.28. The molecule has 3 rings (SSSR count). The van der Waals surface area contributed by atoms with Gasteiger partial charge in [-0.2, -0.15) is 0 Å². The van der Waals surface area contributed by atoms with Crippen molar-refractivity contribution >= 4 is 0 Å². The van der Waals surface area contributed by atoms with Crippen molar-refractivity contribution in [3.63, 3.8) is 0 Å². The maximum atomic E-state index is 5.97. The summed E-state index contributed by atoms with van der Waals surface area (Å²) in [6.45, 7) is 0.473. The Morgan fingerprint density at radius 1 is 1.00 bits per heavy atom. The molecule has 2 aromatic carbocycles. The number of fused-ring (bicyclic) bond motifs is 1. The molecule has 0 aliphatic carbocycles. The van der Waals surface area contributed by atoms with Crippen molar-refractivity contribution in [1.82, 2.24) is 5.43 Å². The predicted molar refractivity (Wildman–Crippen MR) is 72.9 cm³/mol. The summed E-state index contributed by atoms with van der Waals surface area (Å²) in [4.78, 5) is 0. The standard InChI is InChI=1S/C15H16N2O2/c16-17-15(11-6-2-1-3-7-11)14-10-18-12-8-4-5-9-13(12)19-14/h1-9,14-15,17H,10,16H2. The normalized spacial score (nSPS) is 18.9. The van der Waals surface area contributed by atoms with Crippen LogP contribution in [0.2, 0.25) is 0 Å². The highest BCUT2D eigenvalue weighted by molar-refractivity contribution is 5.41. The van der Waals surface area contributed by atoms with Crippen LogP contribution in [-0.4, -0.2) is 12.7 Å². The summed E-state index contributed by atoms with van der Waals surface area (Å²) in [6, 6.07) is 17.5. The first kappa shape index (κ1) is 12.0. The lowest BCUT2D eigenvalue weighted by molar-refractivity contribution is 0.0617. The minimum Gasteiger partial charge on any atom is -0.486 e. The Kier molecular flexibility index (Phi) is 3.35. The molecule has 0 spiro atoms. The predicted octanol–water partition coefficient (Wildman–Crippen LogP) is 2.03. The molecule has 0 saturated heterocycles. The number of nitrogens with one attached hydrogen (secondary N) is 1. The average Bonchev–Trinajstić information content (AvgIpc) is 2.49. The van der Waals surface area contributed by atoms with Crippen molar-refractivity contribution in [3.8, 4) is 11.5 Å². The van der Waals surface area contributed by atoms with E-state index in [1.165, 1.54) is 0 Å². The van der Waals surface area contributed by atoms with Crippen molar-refractivity contribution in [2.75, 3.05) is 6.61 Å². The Morgan fingerprint density at radius 2 is 1.68 bits per heavy atom. The first-order valence-electron chi connectivity index (χ1n) is 6.28. The van der Waals surface area contributed by atoms with Crippen LogP contribution < -0.4 is 20.7 Å². The average molecular weight is 256 g/mol. The largest absolute Gasteiger partial charge is 0.486 e. The van der Waals surface area contributed by atoms with Gasteiger partial charge in [0.1, 0.15) is 6.61 Å². The SMILES string of the molecule is NNC(c1ccccc1)C1COc2ccccc2O1. The number of nitrogens with two attached hydrogens (primary N) is 1. The van der Waals surface area contributed by atoms with Crippen LogP contribution in [0.4, 0.5) is 0 Å². The third-order valence-electron chi connectivity index (χ3n) is 3.24. The lowest BCUT2D eigenvalue weighted by atomic mass is 10.0. The summed E-state index contributed by atoms with van der Waals surface area (Å²) >= 11 is 0. The molecule has 0 amide bonds. The van der Waals surface area contributed by atoms with Crippen molar-refractivity contribution in [3.05, 3.63) is 60.2 Å². The van der Waals surface area contributed by atoms with E-state index in [0.717, 1.165) is 17.1 Å². The summed E-state index contributed by atoms with van der Waals surface area (Å²) in [5, 5.41) is 0. The summed E-state index contributed by atoms with van der Waals surface area (Å²) < 4.78 is 11.7. The van der Waals surface area contributed by atoms with E-state index in [2.05, 4.69) is 5.43 Å².